The first kappa shape index (κ1) is 6.87. The largest absolute Gasteiger partial charge is 0.362 e. The van der Waals surface area contributed by atoms with Crippen LogP contribution in [0.15, 0.2) is 37.0 Å². The van der Waals surface area contributed by atoms with Gasteiger partial charge in [-0.15, -0.1) is 0 Å². The van der Waals surface area contributed by atoms with E-state index in [1.54, 1.807) is 6.20 Å². The molecular formula is C9H11N. The van der Waals surface area contributed by atoms with Gasteiger partial charge in [-0.3, -0.25) is 0 Å². The minimum atomic E-state index is 1.09. The molecule has 1 nitrogen and oxygen atoms in total. The Morgan fingerprint density at radius 2 is 2.30 bits per heavy atom. The molecule has 0 spiro atoms. The topological polar surface area (TPSA) is 12.0 Å². The van der Waals surface area contributed by atoms with E-state index in [-0.39, 0.29) is 0 Å². The van der Waals surface area contributed by atoms with E-state index in [1.165, 1.54) is 5.56 Å². The summed E-state index contributed by atoms with van der Waals surface area (Å²) in [6, 6.07) is 8.16. The van der Waals surface area contributed by atoms with Gasteiger partial charge in [-0.25, -0.2) is 0 Å². The van der Waals surface area contributed by atoms with Crippen LogP contribution in [0.2, 0.25) is 0 Å². The van der Waals surface area contributed by atoms with Crippen LogP contribution >= 0.6 is 0 Å². The van der Waals surface area contributed by atoms with Crippen molar-refractivity contribution in [3.63, 3.8) is 0 Å². The molecular weight excluding hydrogens is 122 g/mol. The smallest absolute Gasteiger partial charge is 0.0382 e. The summed E-state index contributed by atoms with van der Waals surface area (Å²) < 4.78 is 0. The molecule has 0 fully saturated rings. The lowest BCUT2D eigenvalue weighted by molar-refractivity contribution is 1.46. The average Bonchev–Trinajstić information content (AvgIpc) is 1.88. The van der Waals surface area contributed by atoms with Crippen LogP contribution in [0.5, 0.6) is 0 Å². The summed E-state index contributed by atoms with van der Waals surface area (Å²) in [4.78, 5) is 0. The monoisotopic (exact) mass is 133 g/mol. The summed E-state index contributed by atoms with van der Waals surface area (Å²) in [5.41, 5.74) is 2.35. The van der Waals surface area contributed by atoms with Crippen molar-refractivity contribution < 1.29 is 0 Å². The molecule has 1 aromatic rings. The lowest BCUT2D eigenvalue weighted by Gasteiger charge is -1.99. The van der Waals surface area contributed by atoms with Gasteiger partial charge in [-0.2, -0.15) is 0 Å². The van der Waals surface area contributed by atoms with Crippen LogP contribution in [0, 0.1) is 6.92 Å². The molecule has 10 heavy (non-hydrogen) atoms. The van der Waals surface area contributed by atoms with Gasteiger partial charge in [0.05, 0.1) is 0 Å². The van der Waals surface area contributed by atoms with Gasteiger partial charge in [-0.1, -0.05) is 18.7 Å². The summed E-state index contributed by atoms with van der Waals surface area (Å²) >= 11 is 0. The standard InChI is InChI=1S/C9H11N/c1-3-10-9-6-4-5-8(2)7-9/h3-7,10H,1H2,2H3. The summed E-state index contributed by atoms with van der Waals surface area (Å²) in [6.07, 6.45) is 1.68. The predicted molar refractivity (Wildman–Crippen MR) is 45.0 cm³/mol. The lowest BCUT2D eigenvalue weighted by atomic mass is 10.2. The molecule has 0 aliphatic heterocycles. The van der Waals surface area contributed by atoms with Crippen LogP contribution in [0.25, 0.3) is 0 Å². The van der Waals surface area contributed by atoms with Gasteiger partial charge < -0.3 is 5.32 Å². The van der Waals surface area contributed by atoms with Gasteiger partial charge in [0.25, 0.3) is 0 Å². The Morgan fingerprint density at radius 1 is 1.50 bits per heavy atom. The molecule has 0 saturated heterocycles. The zero-order valence-electron chi connectivity index (χ0n) is 6.09. The number of hydrogen-bond acceptors (Lipinski definition) is 1. The van der Waals surface area contributed by atoms with Crippen LogP contribution in [0.1, 0.15) is 5.56 Å². The first-order valence-corrected chi connectivity index (χ1v) is 3.27. The maximum absolute atomic E-state index is 3.57. The number of anilines is 1. The molecule has 1 N–H and O–H groups in total. The summed E-state index contributed by atoms with van der Waals surface area (Å²) in [5.74, 6) is 0. The van der Waals surface area contributed by atoms with E-state index in [9.17, 15) is 0 Å². The fourth-order valence-electron chi connectivity index (χ4n) is 0.853. The fourth-order valence-corrected chi connectivity index (χ4v) is 0.853. The Kier molecular flexibility index (Phi) is 2.11. The van der Waals surface area contributed by atoms with Gasteiger partial charge in [0.2, 0.25) is 0 Å². The number of benzene rings is 1. The van der Waals surface area contributed by atoms with Crippen molar-refractivity contribution in [3.05, 3.63) is 42.6 Å². The van der Waals surface area contributed by atoms with E-state index in [1.807, 2.05) is 12.1 Å². The van der Waals surface area contributed by atoms with E-state index in [4.69, 9.17) is 0 Å². The van der Waals surface area contributed by atoms with Gasteiger partial charge >= 0.3 is 0 Å². The summed E-state index contributed by atoms with van der Waals surface area (Å²) in [5, 5.41) is 3.01. The second-order valence-corrected chi connectivity index (χ2v) is 2.22. The van der Waals surface area contributed by atoms with E-state index in [2.05, 4.69) is 31.0 Å². The maximum atomic E-state index is 3.57. The van der Waals surface area contributed by atoms with Crippen molar-refractivity contribution in [1.29, 1.82) is 0 Å². The molecule has 0 heterocycles. The highest BCUT2D eigenvalue weighted by Crippen LogP contribution is 2.08. The molecule has 0 aliphatic rings. The summed E-state index contributed by atoms with van der Waals surface area (Å²) in [7, 11) is 0. The molecule has 1 rings (SSSR count). The number of rotatable bonds is 2. The maximum Gasteiger partial charge on any atom is 0.0382 e. The Bertz CT molecular complexity index is 228. The zero-order valence-corrected chi connectivity index (χ0v) is 6.09. The van der Waals surface area contributed by atoms with Crippen molar-refractivity contribution in [3.8, 4) is 0 Å². The van der Waals surface area contributed by atoms with Crippen LogP contribution < -0.4 is 5.32 Å². The molecule has 0 saturated carbocycles. The molecule has 0 unspecified atom stereocenters. The Hall–Kier alpha value is -1.24. The normalized spacial score (nSPS) is 8.90. The molecule has 0 radical (unpaired) electrons. The van der Waals surface area contributed by atoms with Crippen molar-refractivity contribution in [2.75, 3.05) is 5.32 Å². The van der Waals surface area contributed by atoms with Crippen molar-refractivity contribution in [1.82, 2.24) is 0 Å². The lowest BCUT2D eigenvalue weighted by Crippen LogP contribution is -1.85. The number of hydrogen-bond donors (Lipinski definition) is 1. The van der Waals surface area contributed by atoms with E-state index in [0.717, 1.165) is 5.69 Å². The fraction of sp³-hybridized carbons (Fsp3) is 0.111. The third-order valence-corrected chi connectivity index (χ3v) is 1.29. The van der Waals surface area contributed by atoms with Crippen LogP contribution in [0.3, 0.4) is 0 Å². The predicted octanol–water partition coefficient (Wildman–Crippen LogP) is 2.55. The average molecular weight is 133 g/mol. The second kappa shape index (κ2) is 3.06. The highest BCUT2D eigenvalue weighted by atomic mass is 14.8. The minimum absolute atomic E-state index is 1.09. The Morgan fingerprint density at radius 3 is 2.90 bits per heavy atom. The third-order valence-electron chi connectivity index (χ3n) is 1.29. The quantitative estimate of drug-likeness (QED) is 0.653. The highest BCUT2D eigenvalue weighted by molar-refractivity contribution is 5.47. The Labute approximate surface area is 61.4 Å². The molecule has 0 amide bonds. The molecule has 0 aromatic heterocycles. The van der Waals surface area contributed by atoms with Crippen molar-refractivity contribution in [2.24, 2.45) is 0 Å². The SMILES string of the molecule is C=CNc1cccc(C)c1. The number of nitrogens with one attached hydrogen (secondary N) is 1. The van der Waals surface area contributed by atoms with Crippen LogP contribution in [-0.4, -0.2) is 0 Å². The first-order chi connectivity index (χ1) is 4.83. The zero-order chi connectivity index (χ0) is 7.40. The Balaban J connectivity index is 2.84. The highest BCUT2D eigenvalue weighted by Gasteiger charge is 1.85. The van der Waals surface area contributed by atoms with Crippen LogP contribution in [0.4, 0.5) is 5.69 Å². The molecule has 0 atom stereocenters. The molecule has 1 aromatic carbocycles. The van der Waals surface area contributed by atoms with Gasteiger partial charge in [0, 0.05) is 5.69 Å². The molecule has 0 bridgehead atoms. The van der Waals surface area contributed by atoms with E-state index < -0.39 is 0 Å². The van der Waals surface area contributed by atoms with Gasteiger partial charge in [0.15, 0.2) is 0 Å². The van der Waals surface area contributed by atoms with Crippen molar-refractivity contribution in [2.45, 2.75) is 6.92 Å². The van der Waals surface area contributed by atoms with Gasteiger partial charge in [-0.05, 0) is 30.8 Å². The van der Waals surface area contributed by atoms with E-state index in [0.29, 0.717) is 0 Å². The van der Waals surface area contributed by atoms with Crippen molar-refractivity contribution >= 4 is 5.69 Å². The molecule has 1 heteroatoms. The first-order valence-electron chi connectivity index (χ1n) is 3.27. The minimum Gasteiger partial charge on any atom is -0.362 e. The van der Waals surface area contributed by atoms with E-state index >= 15 is 0 Å². The third kappa shape index (κ3) is 1.62. The molecule has 0 aliphatic carbocycles. The second-order valence-electron chi connectivity index (χ2n) is 2.22. The number of aryl methyl sites for hydroxylation is 1. The molecule has 52 valence electrons. The summed E-state index contributed by atoms with van der Waals surface area (Å²) in [6.45, 7) is 5.64. The van der Waals surface area contributed by atoms with Gasteiger partial charge in [0.1, 0.15) is 0 Å². The van der Waals surface area contributed by atoms with Crippen LogP contribution in [-0.2, 0) is 0 Å².